The van der Waals surface area contributed by atoms with Gasteiger partial charge in [0.1, 0.15) is 17.4 Å². The Kier molecular flexibility index (Phi) is 6.56. The summed E-state index contributed by atoms with van der Waals surface area (Å²) in [5, 5.41) is 0. The number of rotatable bonds is 5. The number of fused-ring (bicyclic) bond motifs is 1. The minimum atomic E-state index is -4.58. The van der Waals surface area contributed by atoms with Crippen LogP contribution in [0.3, 0.4) is 0 Å². The van der Waals surface area contributed by atoms with Gasteiger partial charge in [0.15, 0.2) is 0 Å². The molecule has 11 heteroatoms. The Morgan fingerprint density at radius 1 is 0.895 bits per heavy atom. The van der Waals surface area contributed by atoms with Crippen LogP contribution < -0.4 is 9.46 Å². The zero-order valence-corrected chi connectivity index (χ0v) is 20.3. The zero-order valence-electron chi connectivity index (χ0n) is 19.5. The van der Waals surface area contributed by atoms with Crippen LogP contribution in [0.15, 0.2) is 83.8 Å². The maximum absolute atomic E-state index is 13.5. The van der Waals surface area contributed by atoms with E-state index in [1.54, 1.807) is 6.07 Å². The Morgan fingerprint density at radius 2 is 1.63 bits per heavy atom. The summed E-state index contributed by atoms with van der Waals surface area (Å²) >= 11 is 0. The number of alkyl halides is 3. The summed E-state index contributed by atoms with van der Waals surface area (Å²) < 4.78 is 101. The minimum Gasteiger partial charge on any atom is -0.493 e. The SMILES string of the molecule is O=S(=O)(Nc1cccc(F)n1)c1ccc2c(c1)OCC[C@@H]2c1ccc(C(F)(F)F)cc1-c1ccc(F)cc1. The highest BCUT2D eigenvalue weighted by atomic mass is 32.2. The van der Waals surface area contributed by atoms with Crippen molar-refractivity contribution >= 4 is 15.8 Å². The van der Waals surface area contributed by atoms with Gasteiger partial charge in [0.05, 0.1) is 17.1 Å². The van der Waals surface area contributed by atoms with E-state index in [4.69, 9.17) is 4.74 Å². The number of hydrogen-bond donors (Lipinski definition) is 1. The molecule has 0 saturated heterocycles. The van der Waals surface area contributed by atoms with Crippen LogP contribution in [0, 0.1) is 11.8 Å². The molecule has 1 N–H and O–H groups in total. The number of nitrogens with one attached hydrogen (secondary N) is 1. The second-order valence-corrected chi connectivity index (χ2v) is 10.3. The highest BCUT2D eigenvalue weighted by Crippen LogP contribution is 2.44. The molecule has 0 fully saturated rings. The maximum Gasteiger partial charge on any atom is 0.416 e. The first-order valence-corrected chi connectivity index (χ1v) is 12.9. The van der Waals surface area contributed by atoms with Gasteiger partial charge in [-0.3, -0.25) is 4.72 Å². The van der Waals surface area contributed by atoms with Gasteiger partial charge >= 0.3 is 6.18 Å². The third kappa shape index (κ3) is 5.19. The number of sulfonamides is 1. The van der Waals surface area contributed by atoms with Gasteiger partial charge < -0.3 is 4.74 Å². The van der Waals surface area contributed by atoms with E-state index >= 15 is 0 Å². The van der Waals surface area contributed by atoms with Gasteiger partial charge in [-0.05, 0) is 65.6 Å². The topological polar surface area (TPSA) is 68.3 Å². The Labute approximate surface area is 215 Å². The molecule has 38 heavy (non-hydrogen) atoms. The largest absolute Gasteiger partial charge is 0.493 e. The van der Waals surface area contributed by atoms with Gasteiger partial charge in [-0.25, -0.2) is 17.8 Å². The Hall–Kier alpha value is -3.99. The highest BCUT2D eigenvalue weighted by Gasteiger charge is 2.33. The van der Waals surface area contributed by atoms with Crippen molar-refractivity contribution in [2.75, 3.05) is 11.3 Å². The lowest BCUT2D eigenvalue weighted by molar-refractivity contribution is -0.137. The monoisotopic (exact) mass is 546 g/mol. The summed E-state index contributed by atoms with van der Waals surface area (Å²) in [6, 6.07) is 16.5. The van der Waals surface area contributed by atoms with E-state index in [9.17, 15) is 30.4 Å². The summed E-state index contributed by atoms with van der Waals surface area (Å²) in [4.78, 5) is 3.34. The molecule has 0 aliphatic carbocycles. The van der Waals surface area contributed by atoms with E-state index < -0.39 is 39.4 Å². The van der Waals surface area contributed by atoms with Crippen molar-refractivity contribution in [2.24, 2.45) is 0 Å². The lowest BCUT2D eigenvalue weighted by Gasteiger charge is -2.29. The molecule has 0 bridgehead atoms. The van der Waals surface area contributed by atoms with Crippen LogP contribution in [-0.4, -0.2) is 20.0 Å². The first kappa shape index (κ1) is 25.7. The molecule has 0 unspecified atom stereocenters. The fourth-order valence-corrected chi connectivity index (χ4v) is 5.45. The molecule has 0 spiro atoms. The first-order chi connectivity index (χ1) is 18.0. The average molecular weight is 547 g/mol. The normalized spacial score (nSPS) is 15.4. The van der Waals surface area contributed by atoms with E-state index in [0.717, 1.165) is 18.2 Å². The molecule has 1 aliphatic heterocycles. The zero-order chi connectivity index (χ0) is 27.1. The van der Waals surface area contributed by atoms with E-state index in [-0.39, 0.29) is 28.6 Å². The van der Waals surface area contributed by atoms with Gasteiger partial charge in [0.25, 0.3) is 10.0 Å². The van der Waals surface area contributed by atoms with Crippen molar-refractivity contribution < 1.29 is 35.1 Å². The van der Waals surface area contributed by atoms with Crippen molar-refractivity contribution in [2.45, 2.75) is 23.4 Å². The summed E-state index contributed by atoms with van der Waals surface area (Å²) in [6.45, 7) is 0.184. The number of halogens is 5. The number of ether oxygens (including phenoxy) is 1. The summed E-state index contributed by atoms with van der Waals surface area (Å²) in [5.74, 6) is -1.74. The van der Waals surface area contributed by atoms with Crippen LogP contribution in [-0.2, 0) is 16.2 Å². The molecule has 1 aromatic heterocycles. The minimum absolute atomic E-state index is 0.158. The first-order valence-electron chi connectivity index (χ1n) is 11.4. The molecule has 3 aromatic carbocycles. The van der Waals surface area contributed by atoms with Crippen LogP contribution in [0.5, 0.6) is 5.75 Å². The molecule has 5 nitrogen and oxygen atoms in total. The van der Waals surface area contributed by atoms with Crippen molar-refractivity contribution in [3.63, 3.8) is 0 Å². The Morgan fingerprint density at radius 3 is 2.34 bits per heavy atom. The fourth-order valence-electron chi connectivity index (χ4n) is 4.44. The molecule has 5 rings (SSSR count). The molecular weight excluding hydrogens is 527 g/mol. The summed E-state index contributed by atoms with van der Waals surface area (Å²) in [6.07, 6.45) is -4.15. The van der Waals surface area contributed by atoms with Gasteiger partial charge in [-0.2, -0.15) is 17.6 Å². The number of hydrogen-bond acceptors (Lipinski definition) is 4. The number of aromatic nitrogens is 1. The van der Waals surface area contributed by atoms with Crippen LogP contribution >= 0.6 is 0 Å². The van der Waals surface area contributed by atoms with Gasteiger partial charge in [-0.1, -0.05) is 30.3 Å². The lowest BCUT2D eigenvalue weighted by atomic mass is 9.82. The standard InChI is InChI=1S/C27H19F5N2O3S/c28-18-7-4-16(5-8-18)23-14-17(27(30,31)32)6-10-20(23)21-12-13-37-24-15-19(9-11-22(21)24)38(35,36)34-26-3-1-2-25(29)33-26/h1-11,14-15,21H,12-13H2,(H,33,34)/t21-/m1/s1. The van der Waals surface area contributed by atoms with Crippen molar-refractivity contribution in [1.82, 2.24) is 4.98 Å². The highest BCUT2D eigenvalue weighted by molar-refractivity contribution is 7.92. The Bertz CT molecular complexity index is 1610. The van der Waals surface area contributed by atoms with E-state index in [1.165, 1.54) is 54.6 Å². The molecule has 1 atom stereocenters. The van der Waals surface area contributed by atoms with Crippen LogP contribution in [0.1, 0.15) is 29.0 Å². The maximum atomic E-state index is 13.5. The van der Waals surface area contributed by atoms with Gasteiger partial charge in [-0.15, -0.1) is 0 Å². The quantitative estimate of drug-likeness (QED) is 0.222. The van der Waals surface area contributed by atoms with Gasteiger partial charge in [0, 0.05) is 17.5 Å². The lowest BCUT2D eigenvalue weighted by Crippen LogP contribution is -2.19. The molecule has 0 amide bonds. The number of anilines is 1. The van der Waals surface area contributed by atoms with E-state index in [2.05, 4.69) is 9.71 Å². The van der Waals surface area contributed by atoms with Crippen molar-refractivity contribution in [3.05, 3.63) is 107 Å². The van der Waals surface area contributed by atoms with Crippen LogP contribution in [0.25, 0.3) is 11.1 Å². The van der Waals surface area contributed by atoms with Gasteiger partial charge in [0.2, 0.25) is 5.95 Å². The van der Waals surface area contributed by atoms with E-state index in [1.807, 2.05) is 0 Å². The third-order valence-electron chi connectivity index (χ3n) is 6.20. The number of nitrogens with zero attached hydrogens (tertiary/aromatic N) is 1. The van der Waals surface area contributed by atoms with E-state index in [0.29, 0.717) is 23.1 Å². The second-order valence-electron chi connectivity index (χ2n) is 8.65. The van der Waals surface area contributed by atoms with Crippen molar-refractivity contribution in [3.8, 4) is 16.9 Å². The summed E-state index contributed by atoms with van der Waals surface area (Å²) in [7, 11) is -4.14. The number of benzene rings is 3. The molecule has 0 radical (unpaired) electrons. The average Bonchev–Trinajstić information content (AvgIpc) is 2.87. The third-order valence-corrected chi connectivity index (χ3v) is 7.55. The van der Waals surface area contributed by atoms with Crippen LogP contribution in [0.4, 0.5) is 27.8 Å². The molecule has 196 valence electrons. The fraction of sp³-hybridized carbons (Fsp3) is 0.148. The molecular formula is C27H19F5N2O3S. The smallest absolute Gasteiger partial charge is 0.416 e. The Balaban J connectivity index is 1.55. The number of pyridine rings is 1. The molecule has 0 saturated carbocycles. The predicted molar refractivity (Wildman–Crippen MR) is 130 cm³/mol. The predicted octanol–water partition coefficient (Wildman–Crippen LogP) is 6.76. The molecule has 4 aromatic rings. The van der Waals surface area contributed by atoms with Crippen molar-refractivity contribution in [1.29, 1.82) is 0 Å². The molecule has 2 heterocycles. The molecule has 1 aliphatic rings. The second kappa shape index (κ2) is 9.71. The summed E-state index contributed by atoms with van der Waals surface area (Å²) in [5.41, 5.74) is 1.00. The van der Waals surface area contributed by atoms with Crippen LogP contribution in [0.2, 0.25) is 0 Å².